The lowest BCUT2D eigenvalue weighted by Gasteiger charge is -2.19. The van der Waals surface area contributed by atoms with Crippen molar-refractivity contribution in [2.45, 2.75) is 33.4 Å². The van der Waals surface area contributed by atoms with Gasteiger partial charge in [-0.25, -0.2) is 34.2 Å². The number of amides is 1. The number of hydrogen-bond acceptors (Lipinski definition) is 8. The van der Waals surface area contributed by atoms with Crippen LogP contribution in [0.3, 0.4) is 0 Å². The Morgan fingerprint density at radius 3 is 2.49 bits per heavy atom. The first-order valence-electron chi connectivity index (χ1n) is 13.3. The van der Waals surface area contributed by atoms with Crippen molar-refractivity contribution in [3.8, 4) is 23.1 Å². The highest BCUT2D eigenvalue weighted by Crippen LogP contribution is 2.30. The molecule has 2 aromatic carbocycles. The molecule has 218 valence electrons. The van der Waals surface area contributed by atoms with Crippen LogP contribution in [0.25, 0.3) is 22.3 Å². The maximum Gasteiger partial charge on any atom is 0.319 e. The van der Waals surface area contributed by atoms with Gasteiger partial charge in [-0.1, -0.05) is 18.1 Å². The maximum atomic E-state index is 15.0. The van der Waals surface area contributed by atoms with Crippen molar-refractivity contribution in [2.75, 3.05) is 17.3 Å². The zero-order chi connectivity index (χ0) is 30.7. The van der Waals surface area contributed by atoms with E-state index in [4.69, 9.17) is 5.21 Å². The highest BCUT2D eigenvalue weighted by Gasteiger charge is 2.18. The lowest BCUT2D eigenvalue weighted by atomic mass is 10.1. The number of hydrogen-bond donors (Lipinski definition) is 3. The number of aromatic nitrogens is 5. The second kappa shape index (κ2) is 12.2. The zero-order valence-electron chi connectivity index (χ0n) is 23.9. The number of halogens is 2. The lowest BCUT2D eigenvalue weighted by Crippen LogP contribution is -2.16. The minimum atomic E-state index is -0.779. The van der Waals surface area contributed by atoms with E-state index < -0.39 is 17.5 Å². The molecule has 0 aliphatic carbocycles. The molecule has 0 aliphatic rings. The number of fused-ring (bicyclic) bond motifs is 1. The van der Waals surface area contributed by atoms with Crippen LogP contribution >= 0.6 is 0 Å². The summed E-state index contributed by atoms with van der Waals surface area (Å²) in [6, 6.07) is 13.9. The molecule has 0 unspecified atom stereocenters. The molecule has 5 aromatic rings. The van der Waals surface area contributed by atoms with E-state index in [1.165, 1.54) is 11.5 Å². The number of carbonyl (C=O) groups excluding carboxylic acids is 1. The third kappa shape index (κ3) is 6.42. The monoisotopic (exact) mass is 582 g/mol. The molecule has 5 rings (SSSR count). The van der Waals surface area contributed by atoms with Crippen LogP contribution < -0.4 is 15.7 Å². The fourth-order valence-electron chi connectivity index (χ4n) is 4.70. The fraction of sp³-hybridized carbons (Fsp3) is 0.194. The molecular formula is C31H28F2N8O2. The van der Waals surface area contributed by atoms with Gasteiger partial charge in [0.1, 0.15) is 22.9 Å². The van der Waals surface area contributed by atoms with Crippen molar-refractivity contribution in [1.82, 2.24) is 30.0 Å². The number of pyridine rings is 1. The molecule has 3 N–H and O–H groups in total. The predicted molar refractivity (Wildman–Crippen MR) is 159 cm³/mol. The largest absolute Gasteiger partial charge is 0.369 e. The van der Waals surface area contributed by atoms with Crippen LogP contribution in [0.4, 0.5) is 26.2 Å². The van der Waals surface area contributed by atoms with Crippen molar-refractivity contribution in [2.24, 2.45) is 0 Å². The average Bonchev–Trinajstić information content (AvgIpc) is 3.34. The second-order valence-corrected chi connectivity index (χ2v) is 10.1. The molecular weight excluding hydrogens is 554 g/mol. The number of carbonyl (C=O) groups is 1. The smallest absolute Gasteiger partial charge is 0.319 e. The Morgan fingerprint density at radius 1 is 1.05 bits per heavy atom. The van der Waals surface area contributed by atoms with Gasteiger partial charge in [-0.15, -0.1) is 0 Å². The van der Waals surface area contributed by atoms with E-state index in [0.29, 0.717) is 29.3 Å². The van der Waals surface area contributed by atoms with Crippen molar-refractivity contribution >= 4 is 34.4 Å². The van der Waals surface area contributed by atoms with Gasteiger partial charge in [0.25, 0.3) is 0 Å². The van der Waals surface area contributed by atoms with Gasteiger partial charge in [-0.2, -0.15) is 0 Å². The number of benzene rings is 2. The maximum absolute atomic E-state index is 15.0. The van der Waals surface area contributed by atoms with Crippen LogP contribution in [-0.4, -0.2) is 42.7 Å². The summed E-state index contributed by atoms with van der Waals surface area (Å²) in [5.74, 6) is 4.13. The standard InChI is InChI=1S/C31H28F2N8O2/c1-18(2)41-19(3)36-30-24(32)13-22(14-26(30)41)29-25(33)16-35-31(38-29)37-27-11-10-23(15-34-27)40(4)17-21-7-5-20(6-8-21)9-12-28(42)39-43/h5-8,10-11,13-16,18,43H,17H2,1-4H3,(H,39,42)(H,34,35,37,38). The first-order valence-corrected chi connectivity index (χ1v) is 13.3. The van der Waals surface area contributed by atoms with Gasteiger partial charge in [0.05, 0.1) is 23.6 Å². The summed E-state index contributed by atoms with van der Waals surface area (Å²) < 4.78 is 31.8. The lowest BCUT2D eigenvalue weighted by molar-refractivity contribution is -0.123. The Balaban J connectivity index is 1.30. The summed E-state index contributed by atoms with van der Waals surface area (Å²) in [4.78, 5) is 30.2. The number of aryl methyl sites for hydroxylation is 1. The van der Waals surface area contributed by atoms with Gasteiger partial charge >= 0.3 is 5.91 Å². The summed E-state index contributed by atoms with van der Waals surface area (Å²) in [6.45, 7) is 6.34. The van der Waals surface area contributed by atoms with Crippen LogP contribution in [0.2, 0.25) is 0 Å². The van der Waals surface area contributed by atoms with Gasteiger partial charge in [0.2, 0.25) is 5.95 Å². The predicted octanol–water partition coefficient (Wildman–Crippen LogP) is 5.29. The first-order chi connectivity index (χ1) is 20.6. The molecule has 43 heavy (non-hydrogen) atoms. The van der Waals surface area contributed by atoms with Gasteiger partial charge in [0.15, 0.2) is 11.6 Å². The number of anilines is 3. The number of hydroxylamine groups is 1. The van der Waals surface area contributed by atoms with Crippen molar-refractivity contribution < 1.29 is 18.8 Å². The van der Waals surface area contributed by atoms with Crippen molar-refractivity contribution in [3.63, 3.8) is 0 Å². The quantitative estimate of drug-likeness (QED) is 0.134. The molecule has 1 amide bonds. The molecule has 12 heteroatoms. The third-order valence-electron chi connectivity index (χ3n) is 6.68. The number of nitrogens with one attached hydrogen (secondary N) is 2. The Bertz CT molecular complexity index is 1860. The number of rotatable bonds is 7. The fourth-order valence-corrected chi connectivity index (χ4v) is 4.70. The first kappa shape index (κ1) is 29.1. The molecule has 0 spiro atoms. The van der Waals surface area contributed by atoms with Crippen molar-refractivity contribution in [1.29, 1.82) is 0 Å². The Morgan fingerprint density at radius 2 is 1.81 bits per heavy atom. The van der Waals surface area contributed by atoms with Crippen molar-refractivity contribution in [3.05, 3.63) is 89.5 Å². The number of nitrogens with zero attached hydrogens (tertiary/aromatic N) is 6. The topological polar surface area (TPSA) is 121 Å². The molecule has 10 nitrogen and oxygen atoms in total. The molecule has 0 radical (unpaired) electrons. The Kier molecular flexibility index (Phi) is 8.27. The van der Waals surface area contributed by atoms with Gasteiger partial charge in [0, 0.05) is 36.7 Å². The van der Waals surface area contributed by atoms with E-state index >= 15 is 0 Å². The van der Waals surface area contributed by atoms with Crippen LogP contribution in [0.5, 0.6) is 0 Å². The normalized spacial score (nSPS) is 10.9. The summed E-state index contributed by atoms with van der Waals surface area (Å²) in [7, 11) is 1.92. The minimum absolute atomic E-state index is 0.0365. The summed E-state index contributed by atoms with van der Waals surface area (Å²) in [5, 5.41) is 11.5. The minimum Gasteiger partial charge on any atom is -0.369 e. The summed E-state index contributed by atoms with van der Waals surface area (Å²) >= 11 is 0. The Hall–Kier alpha value is -5.41. The zero-order valence-corrected chi connectivity index (χ0v) is 23.9. The highest BCUT2D eigenvalue weighted by atomic mass is 19.1. The molecule has 0 bridgehead atoms. The van der Waals surface area contributed by atoms with E-state index in [0.717, 1.165) is 17.4 Å². The highest BCUT2D eigenvalue weighted by molar-refractivity contribution is 5.93. The molecule has 0 atom stereocenters. The third-order valence-corrected chi connectivity index (χ3v) is 6.68. The van der Waals surface area contributed by atoms with Gasteiger partial charge in [-0.3, -0.25) is 10.0 Å². The van der Waals surface area contributed by atoms with Gasteiger partial charge in [-0.05, 0) is 62.7 Å². The SMILES string of the molecule is Cc1nc2c(F)cc(-c3nc(Nc4ccc(N(C)Cc5ccc(C#CC(=O)NO)cc5)cn4)ncc3F)cc2n1C(C)C. The van der Waals surface area contributed by atoms with Crippen LogP contribution in [0.1, 0.15) is 36.8 Å². The van der Waals surface area contributed by atoms with Gasteiger partial charge < -0.3 is 14.8 Å². The summed E-state index contributed by atoms with van der Waals surface area (Å²) in [5.41, 5.74) is 4.98. The molecule has 0 saturated heterocycles. The van der Waals surface area contributed by atoms with E-state index in [1.807, 2.05) is 48.6 Å². The Labute approximate surface area is 246 Å². The molecule has 3 aromatic heterocycles. The van der Waals surface area contributed by atoms with E-state index in [9.17, 15) is 13.6 Å². The summed E-state index contributed by atoms with van der Waals surface area (Å²) in [6.07, 6.45) is 2.72. The van der Waals surface area contributed by atoms with E-state index in [1.54, 1.807) is 37.4 Å². The second-order valence-electron chi connectivity index (χ2n) is 10.1. The van der Waals surface area contributed by atoms with Crippen LogP contribution in [-0.2, 0) is 11.3 Å². The molecule has 3 heterocycles. The molecule has 0 aliphatic heterocycles. The number of imidazole rings is 1. The van der Waals surface area contributed by atoms with Crippen LogP contribution in [0.15, 0.2) is 60.9 Å². The van der Waals surface area contributed by atoms with Crippen LogP contribution in [0, 0.1) is 30.4 Å². The average molecular weight is 583 g/mol. The van der Waals surface area contributed by atoms with E-state index in [2.05, 4.69) is 37.1 Å². The van der Waals surface area contributed by atoms with E-state index in [-0.39, 0.29) is 28.8 Å². The molecule has 0 saturated carbocycles. The molecule has 0 fully saturated rings.